The number of carbonyl (C=O) groups is 1. The molecule has 0 unspecified atom stereocenters. The summed E-state index contributed by atoms with van der Waals surface area (Å²) in [7, 11) is 3.22. The largest absolute Gasteiger partial charge is 0.497 e. The van der Waals surface area contributed by atoms with Crippen molar-refractivity contribution in [2.24, 2.45) is 0 Å². The second-order valence-corrected chi connectivity index (χ2v) is 7.50. The minimum Gasteiger partial charge on any atom is -0.497 e. The lowest BCUT2D eigenvalue weighted by Crippen LogP contribution is -2.24. The van der Waals surface area contributed by atoms with Crippen molar-refractivity contribution in [3.8, 4) is 22.8 Å². The van der Waals surface area contributed by atoms with E-state index in [1.54, 1.807) is 25.6 Å². The van der Waals surface area contributed by atoms with E-state index in [2.05, 4.69) is 15.5 Å². The molecule has 6 nitrogen and oxygen atoms in total. The molecule has 8 heteroatoms. The zero-order valence-corrected chi connectivity index (χ0v) is 16.6. The molecule has 0 saturated carbocycles. The van der Waals surface area contributed by atoms with Gasteiger partial charge in [-0.1, -0.05) is 17.8 Å². The Morgan fingerprint density at radius 2 is 2.04 bits per heavy atom. The van der Waals surface area contributed by atoms with Gasteiger partial charge in [0, 0.05) is 10.4 Å². The van der Waals surface area contributed by atoms with Crippen LogP contribution < -0.4 is 14.8 Å². The van der Waals surface area contributed by atoms with Crippen LogP contribution in [-0.4, -0.2) is 36.1 Å². The van der Waals surface area contributed by atoms with Gasteiger partial charge in [-0.25, -0.2) is 0 Å². The van der Waals surface area contributed by atoms with Crippen LogP contribution >= 0.6 is 23.1 Å². The minimum atomic E-state index is -0.0336. The summed E-state index contributed by atoms with van der Waals surface area (Å²) < 4.78 is 10.6. The van der Waals surface area contributed by atoms with Crippen LogP contribution in [-0.2, 0) is 11.3 Å². The second-order valence-electron chi connectivity index (χ2n) is 5.47. The average molecular weight is 402 g/mol. The summed E-state index contributed by atoms with van der Waals surface area (Å²) in [6, 6.07) is 13.2. The summed E-state index contributed by atoms with van der Waals surface area (Å²) in [5.41, 5.74) is 1.48. The first-order chi connectivity index (χ1) is 13.2. The molecular formula is C19H19N3O3S2. The molecule has 27 heavy (non-hydrogen) atoms. The number of methoxy groups -OCH3 is 2. The van der Waals surface area contributed by atoms with E-state index >= 15 is 0 Å². The first-order valence-electron chi connectivity index (χ1n) is 8.17. The monoisotopic (exact) mass is 401 g/mol. The zero-order valence-electron chi connectivity index (χ0n) is 15.0. The van der Waals surface area contributed by atoms with Crippen LogP contribution in [0.3, 0.4) is 0 Å². The normalized spacial score (nSPS) is 10.4. The fraction of sp³-hybridized carbons (Fsp3) is 0.211. The highest BCUT2D eigenvalue weighted by atomic mass is 32.2. The maximum Gasteiger partial charge on any atom is 0.230 e. The van der Waals surface area contributed by atoms with E-state index in [1.165, 1.54) is 11.8 Å². The third-order valence-corrected chi connectivity index (χ3v) is 5.51. The molecule has 2 heterocycles. The number of thioether (sulfide) groups is 1. The highest BCUT2D eigenvalue weighted by Crippen LogP contribution is 2.32. The van der Waals surface area contributed by atoms with Crippen LogP contribution in [0.1, 0.15) is 4.88 Å². The van der Waals surface area contributed by atoms with Crippen molar-refractivity contribution in [3.63, 3.8) is 0 Å². The van der Waals surface area contributed by atoms with Gasteiger partial charge < -0.3 is 14.8 Å². The van der Waals surface area contributed by atoms with Gasteiger partial charge in [-0.2, -0.15) is 0 Å². The average Bonchev–Trinajstić information content (AvgIpc) is 3.24. The van der Waals surface area contributed by atoms with Gasteiger partial charge in [0.2, 0.25) is 5.91 Å². The molecule has 1 N–H and O–H groups in total. The van der Waals surface area contributed by atoms with Crippen molar-refractivity contribution in [1.82, 2.24) is 15.5 Å². The van der Waals surface area contributed by atoms with E-state index in [0.29, 0.717) is 34.5 Å². The van der Waals surface area contributed by atoms with Crippen molar-refractivity contribution >= 4 is 29.0 Å². The molecule has 0 atom stereocenters. The lowest BCUT2D eigenvalue weighted by atomic mass is 10.1. The summed E-state index contributed by atoms with van der Waals surface area (Å²) in [5, 5.41) is 14.0. The molecule has 0 bridgehead atoms. The van der Waals surface area contributed by atoms with Crippen LogP contribution in [0.2, 0.25) is 0 Å². The predicted octanol–water partition coefficient (Wildman–Crippen LogP) is 3.63. The number of hydrogen-bond donors (Lipinski definition) is 1. The lowest BCUT2D eigenvalue weighted by Gasteiger charge is -2.10. The van der Waals surface area contributed by atoms with Crippen LogP contribution in [0.15, 0.2) is 52.9 Å². The van der Waals surface area contributed by atoms with Crippen LogP contribution in [0, 0.1) is 0 Å². The van der Waals surface area contributed by atoms with Gasteiger partial charge in [0.15, 0.2) is 0 Å². The van der Waals surface area contributed by atoms with E-state index in [4.69, 9.17) is 9.47 Å². The molecule has 2 aromatic heterocycles. The Kier molecular flexibility index (Phi) is 6.67. The molecule has 140 valence electrons. The highest BCUT2D eigenvalue weighted by Gasteiger charge is 2.11. The minimum absolute atomic E-state index is 0.0336. The lowest BCUT2D eigenvalue weighted by molar-refractivity contribution is -0.118. The molecule has 3 rings (SSSR count). The van der Waals surface area contributed by atoms with Crippen molar-refractivity contribution < 1.29 is 14.3 Å². The number of ether oxygens (including phenoxy) is 2. The Morgan fingerprint density at radius 3 is 2.70 bits per heavy atom. The van der Waals surface area contributed by atoms with E-state index in [0.717, 1.165) is 10.4 Å². The Hall–Kier alpha value is -2.58. The molecule has 1 aromatic carbocycles. The van der Waals surface area contributed by atoms with Gasteiger partial charge in [0.25, 0.3) is 0 Å². The number of benzene rings is 1. The Morgan fingerprint density at radius 1 is 1.15 bits per heavy atom. The van der Waals surface area contributed by atoms with Gasteiger partial charge >= 0.3 is 0 Å². The molecule has 1 amide bonds. The zero-order chi connectivity index (χ0) is 19.1. The van der Waals surface area contributed by atoms with E-state index < -0.39 is 0 Å². The molecule has 3 aromatic rings. The fourth-order valence-electron chi connectivity index (χ4n) is 2.34. The van der Waals surface area contributed by atoms with Crippen molar-refractivity contribution in [2.75, 3.05) is 20.0 Å². The quantitative estimate of drug-likeness (QED) is 0.581. The van der Waals surface area contributed by atoms with Crippen molar-refractivity contribution in [1.29, 1.82) is 0 Å². The maximum atomic E-state index is 11.9. The number of rotatable bonds is 8. The molecule has 0 radical (unpaired) electrons. The second kappa shape index (κ2) is 9.38. The van der Waals surface area contributed by atoms with Crippen LogP contribution in [0.5, 0.6) is 11.5 Å². The summed E-state index contributed by atoms with van der Waals surface area (Å²) in [6.45, 7) is 0.553. The summed E-state index contributed by atoms with van der Waals surface area (Å²) in [4.78, 5) is 13.1. The number of aromatic nitrogens is 2. The molecule has 0 aliphatic carbocycles. The van der Waals surface area contributed by atoms with Gasteiger partial charge in [-0.3, -0.25) is 4.79 Å². The Labute approximate surface area is 165 Å². The van der Waals surface area contributed by atoms with Crippen LogP contribution in [0.4, 0.5) is 0 Å². The van der Waals surface area contributed by atoms with Crippen molar-refractivity contribution in [2.45, 2.75) is 11.6 Å². The molecular weight excluding hydrogens is 382 g/mol. The number of hydrogen-bond acceptors (Lipinski definition) is 7. The van der Waals surface area contributed by atoms with Crippen LogP contribution in [0.25, 0.3) is 11.3 Å². The first-order valence-corrected chi connectivity index (χ1v) is 10.0. The van der Waals surface area contributed by atoms with E-state index in [1.807, 2.05) is 47.8 Å². The summed E-state index contributed by atoms with van der Waals surface area (Å²) >= 11 is 2.97. The van der Waals surface area contributed by atoms with Gasteiger partial charge in [-0.15, -0.1) is 21.5 Å². The molecule has 0 aliphatic heterocycles. The van der Waals surface area contributed by atoms with Gasteiger partial charge in [0.05, 0.1) is 32.2 Å². The molecule has 0 fully saturated rings. The van der Waals surface area contributed by atoms with Gasteiger partial charge in [-0.05, 0) is 41.8 Å². The molecule has 0 spiro atoms. The fourth-order valence-corrected chi connectivity index (χ4v) is 3.63. The molecule has 0 saturated heterocycles. The number of thiophene rings is 1. The number of nitrogens with zero attached hydrogens (tertiary/aromatic N) is 2. The third kappa shape index (κ3) is 5.21. The summed E-state index contributed by atoms with van der Waals surface area (Å²) in [5.74, 6) is 1.67. The topological polar surface area (TPSA) is 73.3 Å². The van der Waals surface area contributed by atoms with Crippen molar-refractivity contribution in [3.05, 3.63) is 52.7 Å². The number of carbonyl (C=O) groups excluding carboxylic acids is 1. The van der Waals surface area contributed by atoms with Gasteiger partial charge in [0.1, 0.15) is 16.5 Å². The summed E-state index contributed by atoms with van der Waals surface area (Å²) in [6.07, 6.45) is 0. The Balaban J connectivity index is 1.59. The number of amides is 1. The highest BCUT2D eigenvalue weighted by molar-refractivity contribution is 7.99. The first kappa shape index (κ1) is 19.2. The van der Waals surface area contributed by atoms with E-state index in [-0.39, 0.29) is 5.91 Å². The third-order valence-electron chi connectivity index (χ3n) is 3.71. The molecule has 0 aliphatic rings. The van der Waals surface area contributed by atoms with E-state index in [9.17, 15) is 4.79 Å². The SMILES string of the molecule is COc1ccc(OC)c(-c2ccc(SCC(=O)NCc3cccs3)nn2)c1. The smallest absolute Gasteiger partial charge is 0.230 e. The number of nitrogens with one attached hydrogen (secondary N) is 1. The Bertz CT molecular complexity index is 884. The maximum absolute atomic E-state index is 11.9. The standard InChI is InChI=1S/C19H19N3O3S2/c1-24-13-5-7-17(25-2)15(10-13)16-6-8-19(22-21-16)27-12-18(23)20-11-14-4-3-9-26-14/h3-10H,11-12H2,1-2H3,(H,20,23). The predicted molar refractivity (Wildman–Crippen MR) is 107 cm³/mol.